The highest BCUT2D eigenvalue weighted by Gasteiger charge is 2.09. The molecule has 4 nitrogen and oxygen atoms in total. The van der Waals surface area contributed by atoms with Gasteiger partial charge in [0.15, 0.2) is 5.82 Å². The molecular formula is C16H14ClN3OS. The van der Waals surface area contributed by atoms with Crippen molar-refractivity contribution in [1.29, 1.82) is 0 Å². The fourth-order valence-corrected chi connectivity index (χ4v) is 3.01. The van der Waals surface area contributed by atoms with Crippen molar-refractivity contribution >= 4 is 23.4 Å². The molecule has 0 aliphatic rings. The van der Waals surface area contributed by atoms with E-state index in [0.717, 1.165) is 22.7 Å². The standard InChI is InChI=1S/C16H14ClN3OS/c1-21-14-8-7-13(17)9-12(14)10-22-16-18-15(19-20-16)11-5-3-2-4-6-11/h2-9H,10H2,1H3,(H,18,19,20). The van der Waals surface area contributed by atoms with Crippen LogP contribution in [0, 0.1) is 0 Å². The summed E-state index contributed by atoms with van der Waals surface area (Å²) in [5, 5.41) is 8.58. The summed E-state index contributed by atoms with van der Waals surface area (Å²) in [5.74, 6) is 2.27. The van der Waals surface area contributed by atoms with Gasteiger partial charge >= 0.3 is 0 Å². The highest BCUT2D eigenvalue weighted by molar-refractivity contribution is 7.98. The first kappa shape index (κ1) is 14.9. The Balaban J connectivity index is 1.73. The lowest BCUT2D eigenvalue weighted by molar-refractivity contribution is 0.411. The number of rotatable bonds is 5. The van der Waals surface area contributed by atoms with Crippen LogP contribution in [-0.2, 0) is 5.75 Å². The Labute approximate surface area is 137 Å². The van der Waals surface area contributed by atoms with Crippen molar-refractivity contribution in [2.75, 3.05) is 7.11 Å². The lowest BCUT2D eigenvalue weighted by Crippen LogP contribution is -1.90. The summed E-state index contributed by atoms with van der Waals surface area (Å²) in [4.78, 5) is 4.50. The van der Waals surface area contributed by atoms with Gasteiger partial charge in [0.1, 0.15) is 5.75 Å². The molecule has 1 aromatic heterocycles. The van der Waals surface area contributed by atoms with Crippen LogP contribution in [0.15, 0.2) is 53.7 Å². The Hall–Kier alpha value is -1.98. The van der Waals surface area contributed by atoms with Crippen LogP contribution in [0.2, 0.25) is 5.02 Å². The summed E-state index contributed by atoms with van der Waals surface area (Å²) in [5.41, 5.74) is 2.04. The van der Waals surface area contributed by atoms with Crippen molar-refractivity contribution in [3.05, 3.63) is 59.1 Å². The number of H-pyrrole nitrogens is 1. The second-order valence-electron chi connectivity index (χ2n) is 4.58. The van der Waals surface area contributed by atoms with Gasteiger partial charge in [-0.3, -0.25) is 5.10 Å². The lowest BCUT2D eigenvalue weighted by atomic mass is 10.2. The number of halogens is 1. The second-order valence-corrected chi connectivity index (χ2v) is 5.96. The van der Waals surface area contributed by atoms with Crippen molar-refractivity contribution in [1.82, 2.24) is 15.2 Å². The SMILES string of the molecule is COc1ccc(Cl)cc1CSc1n[nH]c(-c2ccccc2)n1. The summed E-state index contributed by atoms with van der Waals surface area (Å²) >= 11 is 7.57. The van der Waals surface area contributed by atoms with Crippen LogP contribution in [0.1, 0.15) is 5.56 Å². The van der Waals surface area contributed by atoms with E-state index < -0.39 is 0 Å². The van der Waals surface area contributed by atoms with Crippen LogP contribution in [-0.4, -0.2) is 22.3 Å². The molecule has 3 aromatic rings. The minimum atomic E-state index is 0.690. The summed E-state index contributed by atoms with van der Waals surface area (Å²) in [6, 6.07) is 15.5. The number of benzene rings is 2. The zero-order valence-electron chi connectivity index (χ0n) is 11.9. The number of thioether (sulfide) groups is 1. The van der Waals surface area contributed by atoms with E-state index in [9.17, 15) is 0 Å². The van der Waals surface area contributed by atoms with Gasteiger partial charge in [-0.2, -0.15) is 0 Å². The number of aromatic nitrogens is 3. The lowest BCUT2D eigenvalue weighted by Gasteiger charge is -2.07. The van der Waals surface area contributed by atoms with Gasteiger partial charge in [0, 0.05) is 21.9 Å². The molecule has 112 valence electrons. The van der Waals surface area contributed by atoms with Crippen LogP contribution < -0.4 is 4.74 Å². The average molecular weight is 332 g/mol. The van der Waals surface area contributed by atoms with E-state index >= 15 is 0 Å². The number of ether oxygens (including phenoxy) is 1. The van der Waals surface area contributed by atoms with E-state index in [1.807, 2.05) is 48.5 Å². The molecule has 0 aliphatic heterocycles. The van der Waals surface area contributed by atoms with Crippen molar-refractivity contribution < 1.29 is 4.74 Å². The number of methoxy groups -OCH3 is 1. The molecule has 0 unspecified atom stereocenters. The second kappa shape index (κ2) is 6.85. The highest BCUT2D eigenvalue weighted by Crippen LogP contribution is 2.29. The first-order chi connectivity index (χ1) is 10.8. The number of aromatic amines is 1. The monoisotopic (exact) mass is 331 g/mol. The van der Waals surface area contributed by atoms with Crippen molar-refractivity contribution in [2.45, 2.75) is 10.9 Å². The van der Waals surface area contributed by atoms with Gasteiger partial charge in [0.25, 0.3) is 0 Å². The van der Waals surface area contributed by atoms with Crippen molar-refractivity contribution in [2.24, 2.45) is 0 Å². The van der Waals surface area contributed by atoms with Gasteiger partial charge in [0.2, 0.25) is 5.16 Å². The smallest absolute Gasteiger partial charge is 0.209 e. The molecule has 0 amide bonds. The molecule has 0 saturated carbocycles. The van der Waals surface area contributed by atoms with E-state index in [1.54, 1.807) is 7.11 Å². The topological polar surface area (TPSA) is 50.8 Å². The molecule has 1 heterocycles. The molecule has 0 atom stereocenters. The zero-order chi connectivity index (χ0) is 15.4. The zero-order valence-corrected chi connectivity index (χ0v) is 13.5. The third-order valence-electron chi connectivity index (χ3n) is 3.11. The van der Waals surface area contributed by atoms with E-state index in [1.165, 1.54) is 11.8 Å². The highest BCUT2D eigenvalue weighted by atomic mass is 35.5. The van der Waals surface area contributed by atoms with Gasteiger partial charge < -0.3 is 4.74 Å². The average Bonchev–Trinajstić information content (AvgIpc) is 3.03. The molecule has 22 heavy (non-hydrogen) atoms. The van der Waals surface area contributed by atoms with Crippen molar-refractivity contribution in [3.63, 3.8) is 0 Å². The van der Waals surface area contributed by atoms with Crippen LogP contribution in [0.3, 0.4) is 0 Å². The Morgan fingerprint density at radius 3 is 2.77 bits per heavy atom. The summed E-state index contributed by atoms with van der Waals surface area (Å²) < 4.78 is 5.34. The van der Waals surface area contributed by atoms with E-state index in [2.05, 4.69) is 15.2 Å². The summed E-state index contributed by atoms with van der Waals surface area (Å²) in [6.45, 7) is 0. The van der Waals surface area contributed by atoms with Crippen molar-refractivity contribution in [3.8, 4) is 17.1 Å². The van der Waals surface area contributed by atoms with Gasteiger partial charge in [-0.1, -0.05) is 53.7 Å². The molecule has 3 rings (SSSR count). The number of nitrogens with one attached hydrogen (secondary N) is 1. The number of nitrogens with zero attached hydrogens (tertiary/aromatic N) is 2. The molecule has 6 heteroatoms. The fourth-order valence-electron chi connectivity index (χ4n) is 2.04. The Morgan fingerprint density at radius 2 is 2.00 bits per heavy atom. The predicted molar refractivity (Wildman–Crippen MR) is 89.4 cm³/mol. The molecule has 0 saturated heterocycles. The maximum atomic E-state index is 6.04. The quantitative estimate of drug-likeness (QED) is 0.703. The number of hydrogen-bond acceptors (Lipinski definition) is 4. The maximum Gasteiger partial charge on any atom is 0.209 e. The Bertz CT molecular complexity index is 761. The minimum Gasteiger partial charge on any atom is -0.496 e. The first-order valence-electron chi connectivity index (χ1n) is 6.69. The van der Waals surface area contributed by atoms with Gasteiger partial charge in [0.05, 0.1) is 7.11 Å². The largest absolute Gasteiger partial charge is 0.496 e. The Kier molecular flexibility index (Phi) is 4.65. The van der Waals surface area contributed by atoms with Gasteiger partial charge in [-0.05, 0) is 18.2 Å². The molecule has 0 bridgehead atoms. The third kappa shape index (κ3) is 3.43. The van der Waals surface area contributed by atoms with E-state index in [-0.39, 0.29) is 0 Å². The van der Waals surface area contributed by atoms with E-state index in [0.29, 0.717) is 15.9 Å². The van der Waals surface area contributed by atoms with Gasteiger partial charge in [-0.25, -0.2) is 4.98 Å². The minimum absolute atomic E-state index is 0.690. The molecular weight excluding hydrogens is 318 g/mol. The van der Waals surface area contributed by atoms with Crippen LogP contribution in [0.4, 0.5) is 0 Å². The normalized spacial score (nSPS) is 10.6. The maximum absolute atomic E-state index is 6.04. The van der Waals surface area contributed by atoms with Crippen LogP contribution in [0.25, 0.3) is 11.4 Å². The Morgan fingerprint density at radius 1 is 1.18 bits per heavy atom. The molecule has 0 fully saturated rings. The first-order valence-corrected chi connectivity index (χ1v) is 8.05. The third-order valence-corrected chi connectivity index (χ3v) is 4.24. The van der Waals surface area contributed by atoms with Gasteiger partial charge in [-0.15, -0.1) is 5.10 Å². The summed E-state index contributed by atoms with van der Waals surface area (Å²) in [7, 11) is 1.65. The molecule has 0 aliphatic carbocycles. The molecule has 0 radical (unpaired) electrons. The summed E-state index contributed by atoms with van der Waals surface area (Å²) in [6.07, 6.45) is 0. The van der Waals surface area contributed by atoms with Crippen LogP contribution in [0.5, 0.6) is 5.75 Å². The van der Waals surface area contributed by atoms with Crippen LogP contribution >= 0.6 is 23.4 Å². The predicted octanol–water partition coefficient (Wildman–Crippen LogP) is 4.43. The molecule has 2 aromatic carbocycles. The molecule has 1 N–H and O–H groups in total. The number of hydrogen-bond donors (Lipinski definition) is 1. The fraction of sp³-hybridized carbons (Fsp3) is 0.125. The van der Waals surface area contributed by atoms with E-state index in [4.69, 9.17) is 16.3 Å². The molecule has 0 spiro atoms.